The molecule has 100 valence electrons. The molecule has 0 heterocycles. The number of nitrogens with zero attached hydrogens (tertiary/aromatic N) is 1. The molecule has 2 aromatic carbocycles. The Bertz CT molecular complexity index is 699. The van der Waals surface area contributed by atoms with Crippen molar-refractivity contribution in [3.8, 4) is 11.1 Å². The molecule has 4 rings (SSSR count). The smallest absolute Gasteiger partial charge is 0.193 e. The molecule has 0 unspecified atom stereocenters. The van der Waals surface area contributed by atoms with Crippen molar-refractivity contribution in [1.82, 2.24) is 0 Å². The predicted molar refractivity (Wildman–Crippen MR) is 83.0 cm³/mol. The Labute approximate surface area is 118 Å². The molecule has 0 aliphatic heterocycles. The highest BCUT2D eigenvalue weighted by atomic mass is 15.1. The fraction of sp³-hybridized carbons (Fsp3) is 0.235. The van der Waals surface area contributed by atoms with Crippen LogP contribution >= 0.6 is 0 Å². The fourth-order valence-electron chi connectivity index (χ4n) is 2.80. The van der Waals surface area contributed by atoms with Gasteiger partial charge in [0.25, 0.3) is 0 Å². The Hall–Kier alpha value is -2.29. The largest absolute Gasteiger partial charge is 0.370 e. The van der Waals surface area contributed by atoms with Crippen molar-refractivity contribution in [3.63, 3.8) is 0 Å². The van der Waals surface area contributed by atoms with E-state index in [-0.39, 0.29) is 0 Å². The minimum absolute atomic E-state index is 0.446. The topological polar surface area (TPSA) is 50.4 Å². The second kappa shape index (κ2) is 4.37. The van der Waals surface area contributed by atoms with Crippen LogP contribution in [0.2, 0.25) is 0 Å². The van der Waals surface area contributed by atoms with Gasteiger partial charge in [0.15, 0.2) is 5.96 Å². The number of nitrogens with two attached hydrogens (primary N) is 1. The minimum Gasteiger partial charge on any atom is -0.370 e. The zero-order chi connectivity index (χ0) is 13.5. The van der Waals surface area contributed by atoms with Crippen LogP contribution < -0.4 is 11.1 Å². The number of hydrogen-bond acceptors (Lipinski definition) is 1. The number of guanidine groups is 1. The minimum atomic E-state index is 0.446. The van der Waals surface area contributed by atoms with Gasteiger partial charge in [0.1, 0.15) is 0 Å². The number of hydrogen-bond donors (Lipinski definition) is 2. The molecule has 3 N–H and O–H groups in total. The van der Waals surface area contributed by atoms with E-state index in [2.05, 4.69) is 52.8 Å². The van der Waals surface area contributed by atoms with Crippen LogP contribution in [-0.4, -0.2) is 12.0 Å². The monoisotopic (exact) mass is 263 g/mol. The highest BCUT2D eigenvalue weighted by molar-refractivity contribution is 5.93. The van der Waals surface area contributed by atoms with Gasteiger partial charge in [-0.3, -0.25) is 0 Å². The second-order valence-corrected chi connectivity index (χ2v) is 5.58. The first-order chi connectivity index (χ1) is 9.79. The SMILES string of the molecule is NC(=NC1CC1)Nc1ccc2c(c1)Cc1ccccc1-2. The van der Waals surface area contributed by atoms with Crippen LogP contribution in [0.1, 0.15) is 24.0 Å². The number of aliphatic imine (C=N–C) groups is 1. The van der Waals surface area contributed by atoms with Crippen LogP contribution in [0.25, 0.3) is 11.1 Å². The molecule has 3 heteroatoms. The number of fused-ring (bicyclic) bond motifs is 3. The standard InChI is InChI=1S/C17H17N3/c18-17(19-13-5-6-13)20-14-7-8-16-12(10-14)9-11-3-1-2-4-15(11)16/h1-4,7-8,10,13H,5-6,9H2,(H3,18,19,20). The molecule has 0 bridgehead atoms. The van der Waals surface area contributed by atoms with Crippen LogP contribution in [0.4, 0.5) is 5.69 Å². The molecule has 1 fully saturated rings. The highest BCUT2D eigenvalue weighted by Crippen LogP contribution is 2.37. The maximum Gasteiger partial charge on any atom is 0.193 e. The third kappa shape index (κ3) is 2.05. The van der Waals surface area contributed by atoms with Crippen LogP contribution in [0.5, 0.6) is 0 Å². The Morgan fingerprint density at radius 2 is 1.85 bits per heavy atom. The molecular weight excluding hydrogens is 246 g/mol. The van der Waals surface area contributed by atoms with Gasteiger partial charge in [0.05, 0.1) is 6.04 Å². The summed E-state index contributed by atoms with van der Waals surface area (Å²) in [6.45, 7) is 0. The van der Waals surface area contributed by atoms with Gasteiger partial charge < -0.3 is 11.1 Å². The van der Waals surface area contributed by atoms with E-state index in [0.29, 0.717) is 12.0 Å². The first kappa shape index (κ1) is 11.5. The van der Waals surface area contributed by atoms with Gasteiger partial charge >= 0.3 is 0 Å². The van der Waals surface area contributed by atoms with Crippen LogP contribution in [-0.2, 0) is 6.42 Å². The average Bonchev–Trinajstić information content (AvgIpc) is 3.17. The molecule has 0 spiro atoms. The van der Waals surface area contributed by atoms with E-state index in [1.54, 1.807) is 0 Å². The molecule has 20 heavy (non-hydrogen) atoms. The fourth-order valence-corrected chi connectivity index (χ4v) is 2.80. The average molecular weight is 263 g/mol. The van der Waals surface area contributed by atoms with E-state index in [4.69, 9.17) is 5.73 Å². The van der Waals surface area contributed by atoms with Gasteiger partial charge in [-0.1, -0.05) is 30.3 Å². The van der Waals surface area contributed by atoms with Crippen molar-refractivity contribution in [2.24, 2.45) is 10.7 Å². The molecular formula is C17H17N3. The summed E-state index contributed by atoms with van der Waals surface area (Å²) in [7, 11) is 0. The zero-order valence-electron chi connectivity index (χ0n) is 11.3. The van der Waals surface area contributed by atoms with Crippen LogP contribution in [0, 0.1) is 0 Å². The molecule has 2 aliphatic carbocycles. The molecule has 0 amide bonds. The zero-order valence-corrected chi connectivity index (χ0v) is 11.3. The molecule has 0 aromatic heterocycles. The van der Waals surface area contributed by atoms with Crippen molar-refractivity contribution in [1.29, 1.82) is 0 Å². The normalized spacial score (nSPS) is 16.7. The summed E-state index contributed by atoms with van der Waals surface area (Å²) in [5.74, 6) is 0.531. The van der Waals surface area contributed by atoms with Crippen molar-refractivity contribution in [2.75, 3.05) is 5.32 Å². The van der Waals surface area contributed by atoms with Gasteiger partial charge in [-0.2, -0.15) is 0 Å². The van der Waals surface area contributed by atoms with Crippen molar-refractivity contribution in [3.05, 3.63) is 53.6 Å². The Morgan fingerprint density at radius 1 is 1.05 bits per heavy atom. The van der Waals surface area contributed by atoms with Gasteiger partial charge in [-0.15, -0.1) is 0 Å². The maximum absolute atomic E-state index is 5.91. The Kier molecular flexibility index (Phi) is 2.52. The maximum atomic E-state index is 5.91. The number of rotatable bonds is 2. The summed E-state index contributed by atoms with van der Waals surface area (Å²) in [5, 5.41) is 3.20. The Morgan fingerprint density at radius 3 is 2.70 bits per heavy atom. The van der Waals surface area contributed by atoms with Gasteiger partial charge in [0, 0.05) is 5.69 Å². The first-order valence-electron chi connectivity index (χ1n) is 7.11. The summed E-state index contributed by atoms with van der Waals surface area (Å²) >= 11 is 0. The third-order valence-corrected chi connectivity index (χ3v) is 3.93. The molecule has 2 aromatic rings. The summed E-state index contributed by atoms with van der Waals surface area (Å²) in [6, 6.07) is 15.5. The van der Waals surface area contributed by atoms with Crippen molar-refractivity contribution < 1.29 is 0 Å². The predicted octanol–water partition coefficient (Wildman–Crippen LogP) is 3.15. The molecule has 3 nitrogen and oxygen atoms in total. The highest BCUT2D eigenvalue weighted by Gasteiger charge is 2.21. The molecule has 1 saturated carbocycles. The molecule has 0 atom stereocenters. The third-order valence-electron chi connectivity index (χ3n) is 3.93. The summed E-state index contributed by atoms with van der Waals surface area (Å²) in [4.78, 5) is 4.40. The van der Waals surface area contributed by atoms with Crippen LogP contribution in [0.3, 0.4) is 0 Å². The lowest BCUT2D eigenvalue weighted by molar-refractivity contribution is 1.06. The lowest BCUT2D eigenvalue weighted by Gasteiger charge is -2.08. The van der Waals surface area contributed by atoms with E-state index in [1.807, 2.05) is 0 Å². The van der Waals surface area contributed by atoms with E-state index >= 15 is 0 Å². The number of benzene rings is 2. The summed E-state index contributed by atoms with van der Waals surface area (Å²) in [5.41, 5.74) is 12.4. The lowest BCUT2D eigenvalue weighted by Crippen LogP contribution is -2.23. The van der Waals surface area contributed by atoms with Gasteiger partial charge in [-0.05, 0) is 53.6 Å². The van der Waals surface area contributed by atoms with Crippen molar-refractivity contribution in [2.45, 2.75) is 25.3 Å². The van der Waals surface area contributed by atoms with E-state index in [1.165, 1.54) is 35.1 Å². The van der Waals surface area contributed by atoms with Gasteiger partial charge in [-0.25, -0.2) is 4.99 Å². The summed E-state index contributed by atoms with van der Waals surface area (Å²) in [6.07, 6.45) is 3.34. The second-order valence-electron chi connectivity index (χ2n) is 5.58. The summed E-state index contributed by atoms with van der Waals surface area (Å²) < 4.78 is 0. The first-order valence-corrected chi connectivity index (χ1v) is 7.11. The van der Waals surface area contributed by atoms with E-state index in [0.717, 1.165) is 12.1 Å². The van der Waals surface area contributed by atoms with Crippen molar-refractivity contribution >= 4 is 11.6 Å². The van der Waals surface area contributed by atoms with Gasteiger partial charge in [0.2, 0.25) is 0 Å². The molecule has 0 radical (unpaired) electrons. The lowest BCUT2D eigenvalue weighted by atomic mass is 10.1. The molecule has 0 saturated heterocycles. The van der Waals surface area contributed by atoms with Crippen LogP contribution in [0.15, 0.2) is 47.5 Å². The quantitative estimate of drug-likeness (QED) is 0.551. The molecule has 2 aliphatic rings. The number of anilines is 1. The van der Waals surface area contributed by atoms with E-state index in [9.17, 15) is 0 Å². The van der Waals surface area contributed by atoms with E-state index < -0.39 is 0 Å². The number of nitrogens with one attached hydrogen (secondary N) is 1. The Balaban J connectivity index is 1.61.